The maximum atomic E-state index is 12.8. The number of aromatic nitrogens is 1. The van der Waals surface area contributed by atoms with Crippen LogP contribution in [0.3, 0.4) is 0 Å². The Labute approximate surface area is 143 Å². The molecule has 1 amide bonds. The molecule has 0 aliphatic carbocycles. The maximum absolute atomic E-state index is 12.8. The predicted octanol–water partition coefficient (Wildman–Crippen LogP) is 2.63. The second-order valence-electron chi connectivity index (χ2n) is 6.11. The predicted molar refractivity (Wildman–Crippen MR) is 96.8 cm³/mol. The molecule has 1 aliphatic rings. The van der Waals surface area contributed by atoms with Crippen LogP contribution >= 0.6 is 0 Å². The molecule has 1 aromatic heterocycles. The molecule has 1 aliphatic heterocycles. The molecule has 24 heavy (non-hydrogen) atoms. The quantitative estimate of drug-likeness (QED) is 0.867. The van der Waals surface area contributed by atoms with Crippen molar-refractivity contribution in [2.75, 3.05) is 44.7 Å². The zero-order valence-corrected chi connectivity index (χ0v) is 14.4. The first-order chi connectivity index (χ1) is 11.7. The second kappa shape index (κ2) is 7.45. The summed E-state index contributed by atoms with van der Waals surface area (Å²) in [5.74, 6) is 0.0709. The van der Waals surface area contributed by atoms with Gasteiger partial charge >= 0.3 is 0 Å². The molecule has 0 spiro atoms. The molecule has 0 N–H and O–H groups in total. The van der Waals surface area contributed by atoms with Crippen LogP contribution in [0.15, 0.2) is 48.8 Å². The van der Waals surface area contributed by atoms with Crippen molar-refractivity contribution in [3.05, 3.63) is 54.4 Å². The molecule has 3 rings (SSSR count). The highest BCUT2D eigenvalue weighted by molar-refractivity contribution is 5.95. The summed E-state index contributed by atoms with van der Waals surface area (Å²) in [7, 11) is 2.09. The SMILES string of the molecule is CCN(c1ccccc1)c1cncc(C(=O)N2CCN(C)CC2)c1. The zero-order valence-electron chi connectivity index (χ0n) is 14.4. The number of benzene rings is 1. The first-order valence-corrected chi connectivity index (χ1v) is 8.44. The highest BCUT2D eigenvalue weighted by Crippen LogP contribution is 2.25. The summed E-state index contributed by atoms with van der Waals surface area (Å²) in [6.07, 6.45) is 3.49. The molecule has 1 saturated heterocycles. The highest BCUT2D eigenvalue weighted by Gasteiger charge is 2.21. The van der Waals surface area contributed by atoms with E-state index < -0.39 is 0 Å². The molecular weight excluding hydrogens is 300 g/mol. The van der Waals surface area contributed by atoms with Crippen molar-refractivity contribution in [3.8, 4) is 0 Å². The van der Waals surface area contributed by atoms with Gasteiger partial charge in [-0.25, -0.2) is 0 Å². The molecule has 0 radical (unpaired) electrons. The van der Waals surface area contributed by atoms with E-state index in [1.54, 1.807) is 6.20 Å². The van der Waals surface area contributed by atoms with Gasteiger partial charge in [-0.15, -0.1) is 0 Å². The van der Waals surface area contributed by atoms with Crippen LogP contribution in [-0.2, 0) is 0 Å². The Balaban J connectivity index is 1.82. The molecule has 5 nitrogen and oxygen atoms in total. The average molecular weight is 324 g/mol. The van der Waals surface area contributed by atoms with Gasteiger partial charge in [0.25, 0.3) is 5.91 Å². The minimum atomic E-state index is 0.0709. The molecule has 1 aromatic carbocycles. The fourth-order valence-corrected chi connectivity index (χ4v) is 3.01. The third-order valence-electron chi connectivity index (χ3n) is 4.46. The number of hydrogen-bond acceptors (Lipinski definition) is 4. The lowest BCUT2D eigenvalue weighted by Gasteiger charge is -2.32. The van der Waals surface area contributed by atoms with Crippen molar-refractivity contribution >= 4 is 17.3 Å². The van der Waals surface area contributed by atoms with Gasteiger partial charge in [-0.2, -0.15) is 0 Å². The lowest BCUT2D eigenvalue weighted by molar-refractivity contribution is 0.0663. The summed E-state index contributed by atoms with van der Waals surface area (Å²) in [4.78, 5) is 23.4. The fourth-order valence-electron chi connectivity index (χ4n) is 3.01. The number of nitrogens with zero attached hydrogens (tertiary/aromatic N) is 4. The van der Waals surface area contributed by atoms with Crippen molar-refractivity contribution in [1.29, 1.82) is 0 Å². The van der Waals surface area contributed by atoms with E-state index in [1.165, 1.54) is 0 Å². The Bertz CT molecular complexity index is 681. The van der Waals surface area contributed by atoms with Crippen LogP contribution in [0.5, 0.6) is 0 Å². The standard InChI is InChI=1S/C19H24N4O/c1-3-23(17-7-5-4-6-8-17)18-13-16(14-20-15-18)19(24)22-11-9-21(2)10-12-22/h4-8,13-15H,3,9-12H2,1-2H3. The number of anilines is 2. The summed E-state index contributed by atoms with van der Waals surface area (Å²) < 4.78 is 0. The van der Waals surface area contributed by atoms with Gasteiger partial charge in [-0.1, -0.05) is 18.2 Å². The van der Waals surface area contributed by atoms with E-state index >= 15 is 0 Å². The van der Waals surface area contributed by atoms with Crippen molar-refractivity contribution < 1.29 is 4.79 Å². The Morgan fingerprint density at radius 3 is 2.46 bits per heavy atom. The van der Waals surface area contributed by atoms with Crippen LogP contribution in [0.1, 0.15) is 17.3 Å². The number of piperazine rings is 1. The summed E-state index contributed by atoms with van der Waals surface area (Å²) in [6.45, 7) is 6.30. The largest absolute Gasteiger partial charge is 0.340 e. The fraction of sp³-hybridized carbons (Fsp3) is 0.368. The third-order valence-corrected chi connectivity index (χ3v) is 4.46. The van der Waals surface area contributed by atoms with E-state index in [9.17, 15) is 4.79 Å². The van der Waals surface area contributed by atoms with Gasteiger partial charge in [-0.3, -0.25) is 9.78 Å². The number of amides is 1. The second-order valence-corrected chi connectivity index (χ2v) is 6.11. The zero-order chi connectivity index (χ0) is 16.9. The van der Waals surface area contributed by atoms with Gasteiger partial charge in [0.1, 0.15) is 0 Å². The van der Waals surface area contributed by atoms with E-state index in [2.05, 4.69) is 40.9 Å². The summed E-state index contributed by atoms with van der Waals surface area (Å²) >= 11 is 0. The summed E-state index contributed by atoms with van der Waals surface area (Å²) in [5, 5.41) is 0. The summed E-state index contributed by atoms with van der Waals surface area (Å²) in [6, 6.07) is 12.1. The molecule has 126 valence electrons. The molecule has 0 bridgehead atoms. The van der Waals surface area contributed by atoms with Crippen molar-refractivity contribution in [3.63, 3.8) is 0 Å². The molecule has 0 unspecified atom stereocenters. The number of likely N-dealkylation sites (N-methyl/N-ethyl adjacent to an activating group) is 1. The summed E-state index contributed by atoms with van der Waals surface area (Å²) in [5.41, 5.74) is 2.71. The molecule has 0 saturated carbocycles. The van der Waals surface area contributed by atoms with Gasteiger partial charge in [0.05, 0.1) is 17.4 Å². The number of pyridine rings is 1. The topological polar surface area (TPSA) is 39.7 Å². The van der Waals surface area contributed by atoms with E-state index in [0.29, 0.717) is 5.56 Å². The first kappa shape index (κ1) is 16.5. The van der Waals surface area contributed by atoms with Crippen LogP contribution in [0.2, 0.25) is 0 Å². The molecule has 5 heteroatoms. The Morgan fingerprint density at radius 2 is 1.79 bits per heavy atom. The molecule has 2 heterocycles. The van der Waals surface area contributed by atoms with E-state index in [1.807, 2.05) is 35.4 Å². The molecule has 2 aromatic rings. The number of para-hydroxylation sites is 1. The van der Waals surface area contributed by atoms with Crippen molar-refractivity contribution in [1.82, 2.24) is 14.8 Å². The number of carbonyl (C=O) groups excluding carboxylic acids is 1. The average Bonchev–Trinajstić information content (AvgIpc) is 2.64. The molecule has 0 atom stereocenters. The highest BCUT2D eigenvalue weighted by atomic mass is 16.2. The van der Waals surface area contributed by atoms with Gasteiger partial charge < -0.3 is 14.7 Å². The van der Waals surface area contributed by atoms with E-state index in [4.69, 9.17) is 0 Å². The Morgan fingerprint density at radius 1 is 1.08 bits per heavy atom. The number of rotatable bonds is 4. The smallest absolute Gasteiger partial charge is 0.255 e. The van der Waals surface area contributed by atoms with Crippen molar-refractivity contribution in [2.45, 2.75) is 6.92 Å². The maximum Gasteiger partial charge on any atom is 0.255 e. The van der Waals surface area contributed by atoms with Crippen molar-refractivity contribution in [2.24, 2.45) is 0 Å². The van der Waals surface area contributed by atoms with Crippen LogP contribution in [-0.4, -0.2) is 60.5 Å². The van der Waals surface area contributed by atoms with Crippen LogP contribution in [0.4, 0.5) is 11.4 Å². The minimum Gasteiger partial charge on any atom is -0.340 e. The lowest BCUT2D eigenvalue weighted by Crippen LogP contribution is -2.47. The third kappa shape index (κ3) is 3.57. The van der Waals surface area contributed by atoms with Gasteiger partial charge in [-0.05, 0) is 32.2 Å². The van der Waals surface area contributed by atoms with Gasteiger partial charge in [0, 0.05) is 44.6 Å². The first-order valence-electron chi connectivity index (χ1n) is 8.44. The van der Waals surface area contributed by atoms with E-state index in [-0.39, 0.29) is 5.91 Å². The normalized spacial score (nSPS) is 15.3. The molecular formula is C19H24N4O. The molecule has 1 fully saturated rings. The van der Waals surface area contributed by atoms with Crippen LogP contribution in [0.25, 0.3) is 0 Å². The van der Waals surface area contributed by atoms with Crippen LogP contribution < -0.4 is 4.90 Å². The van der Waals surface area contributed by atoms with Crippen LogP contribution in [0, 0.1) is 0 Å². The number of hydrogen-bond donors (Lipinski definition) is 0. The Kier molecular flexibility index (Phi) is 5.11. The minimum absolute atomic E-state index is 0.0709. The van der Waals surface area contributed by atoms with Gasteiger partial charge in [0.2, 0.25) is 0 Å². The van der Waals surface area contributed by atoms with Gasteiger partial charge in [0.15, 0.2) is 0 Å². The van der Waals surface area contributed by atoms with E-state index in [0.717, 1.165) is 44.1 Å². The Hall–Kier alpha value is -2.40. The monoisotopic (exact) mass is 324 g/mol. The number of carbonyl (C=O) groups is 1. The lowest BCUT2D eigenvalue weighted by atomic mass is 10.2.